The van der Waals surface area contributed by atoms with Crippen LogP contribution in [0, 0.1) is 5.92 Å². The Balaban J connectivity index is 1.28. The van der Waals surface area contributed by atoms with Gasteiger partial charge < -0.3 is 19.8 Å². The molecule has 0 radical (unpaired) electrons. The number of fused-ring (bicyclic) bond motifs is 1. The first kappa shape index (κ1) is 21.5. The van der Waals surface area contributed by atoms with Gasteiger partial charge in [-0.15, -0.1) is 11.3 Å². The number of amides is 1. The Labute approximate surface area is 180 Å². The molecule has 31 heavy (non-hydrogen) atoms. The van der Waals surface area contributed by atoms with E-state index in [1.54, 1.807) is 20.1 Å². The smallest absolute Gasteiger partial charge is 0.422 e. The standard InChI is InChI=1S/C21H22F3N3O3S/c1-11(17-5-6-19(31-17)30-10-21(22,23)24)25-18(28)8-12-7-14(12)20-26-15-4-3-13(29-2)9-16(15)27-20/h3-6,9,11-12,14H,7-8,10H2,1-2H3,(H,25,28)(H,26,27)/t11-,12+,14-/m1/s1. The van der Waals surface area contributed by atoms with Crippen LogP contribution in [-0.2, 0) is 4.79 Å². The second kappa shape index (κ2) is 8.41. The lowest BCUT2D eigenvalue weighted by molar-refractivity contribution is -0.152. The van der Waals surface area contributed by atoms with Crippen LogP contribution >= 0.6 is 11.3 Å². The molecule has 1 aromatic carbocycles. The zero-order valence-corrected chi connectivity index (χ0v) is 17.8. The summed E-state index contributed by atoms with van der Waals surface area (Å²) in [5, 5.41) is 3.09. The van der Waals surface area contributed by atoms with Gasteiger partial charge in [-0.05, 0) is 43.5 Å². The van der Waals surface area contributed by atoms with E-state index in [1.165, 1.54) is 6.07 Å². The number of thiophene rings is 1. The van der Waals surface area contributed by atoms with Crippen molar-refractivity contribution in [3.8, 4) is 10.8 Å². The van der Waals surface area contributed by atoms with Gasteiger partial charge >= 0.3 is 6.18 Å². The van der Waals surface area contributed by atoms with Gasteiger partial charge in [0.1, 0.15) is 11.6 Å². The molecule has 3 aromatic rings. The van der Waals surface area contributed by atoms with Crippen molar-refractivity contribution >= 4 is 28.3 Å². The lowest BCUT2D eigenvalue weighted by atomic mass is 10.2. The van der Waals surface area contributed by atoms with Crippen molar-refractivity contribution in [2.75, 3.05) is 13.7 Å². The maximum absolute atomic E-state index is 12.4. The van der Waals surface area contributed by atoms with Gasteiger partial charge in [0.2, 0.25) is 5.91 Å². The predicted molar refractivity (Wildman–Crippen MR) is 111 cm³/mol. The number of hydrogen-bond donors (Lipinski definition) is 2. The van der Waals surface area contributed by atoms with Crippen LogP contribution in [0.4, 0.5) is 13.2 Å². The van der Waals surface area contributed by atoms with Gasteiger partial charge in [-0.1, -0.05) is 0 Å². The SMILES string of the molecule is COc1ccc2nc([C@@H]3C[C@H]3CC(=O)N[C@H](C)c3ccc(OCC(F)(F)F)s3)[nH]c2c1. The third-order valence-corrected chi connectivity index (χ3v) is 6.39. The summed E-state index contributed by atoms with van der Waals surface area (Å²) in [6.45, 7) is 0.472. The molecule has 1 fully saturated rings. The fraction of sp³-hybridized carbons (Fsp3) is 0.429. The summed E-state index contributed by atoms with van der Waals surface area (Å²) in [5.74, 6) is 1.96. The van der Waals surface area contributed by atoms with Crippen molar-refractivity contribution < 1.29 is 27.4 Å². The molecule has 4 rings (SSSR count). The van der Waals surface area contributed by atoms with Crippen LogP contribution in [-0.4, -0.2) is 35.8 Å². The van der Waals surface area contributed by atoms with Gasteiger partial charge in [0.15, 0.2) is 11.7 Å². The minimum absolute atomic E-state index is 0.0936. The largest absolute Gasteiger partial charge is 0.497 e. The number of benzene rings is 1. The molecule has 0 spiro atoms. The molecule has 1 amide bonds. The zero-order valence-electron chi connectivity index (χ0n) is 17.0. The van der Waals surface area contributed by atoms with Crippen molar-refractivity contribution in [2.24, 2.45) is 5.92 Å². The summed E-state index contributed by atoms with van der Waals surface area (Å²) in [4.78, 5) is 21.1. The average molecular weight is 453 g/mol. The minimum Gasteiger partial charge on any atom is -0.497 e. The molecule has 1 saturated carbocycles. The first-order valence-electron chi connectivity index (χ1n) is 9.84. The molecule has 10 heteroatoms. The number of hydrogen-bond acceptors (Lipinski definition) is 5. The van der Waals surface area contributed by atoms with Crippen LogP contribution in [0.25, 0.3) is 11.0 Å². The predicted octanol–water partition coefficient (Wildman–Crippen LogP) is 4.95. The number of imidazole rings is 1. The van der Waals surface area contributed by atoms with Crippen LogP contribution in [0.15, 0.2) is 30.3 Å². The summed E-state index contributed by atoms with van der Waals surface area (Å²) in [6.07, 6.45) is -3.12. The van der Waals surface area contributed by atoms with E-state index in [1.807, 2.05) is 18.2 Å². The number of methoxy groups -OCH3 is 1. The highest BCUT2D eigenvalue weighted by Gasteiger charge is 2.42. The first-order chi connectivity index (χ1) is 14.7. The van der Waals surface area contributed by atoms with Gasteiger partial charge in [0.05, 0.1) is 24.2 Å². The average Bonchev–Trinajstić information content (AvgIpc) is 3.14. The number of nitrogens with zero attached hydrogens (tertiary/aromatic N) is 1. The van der Waals surface area contributed by atoms with E-state index in [0.29, 0.717) is 6.42 Å². The first-order valence-corrected chi connectivity index (χ1v) is 10.7. The van der Waals surface area contributed by atoms with Crippen molar-refractivity contribution in [3.63, 3.8) is 0 Å². The Bertz CT molecular complexity index is 1080. The zero-order chi connectivity index (χ0) is 22.2. The van der Waals surface area contributed by atoms with Gasteiger partial charge in [-0.2, -0.15) is 13.2 Å². The Kier molecular flexibility index (Phi) is 5.83. The molecule has 2 heterocycles. The maximum atomic E-state index is 12.4. The van der Waals surface area contributed by atoms with Crippen LogP contribution < -0.4 is 14.8 Å². The molecule has 6 nitrogen and oxygen atoms in total. The number of aromatic amines is 1. The Morgan fingerprint density at radius 1 is 1.35 bits per heavy atom. The number of H-pyrrole nitrogens is 1. The van der Waals surface area contributed by atoms with Gasteiger partial charge in [0.25, 0.3) is 0 Å². The van der Waals surface area contributed by atoms with Crippen molar-refractivity contribution in [1.29, 1.82) is 0 Å². The molecule has 166 valence electrons. The Morgan fingerprint density at radius 3 is 2.90 bits per heavy atom. The third-order valence-electron chi connectivity index (χ3n) is 5.21. The quantitative estimate of drug-likeness (QED) is 0.506. The monoisotopic (exact) mass is 453 g/mol. The second-order valence-corrected chi connectivity index (χ2v) is 8.74. The molecular formula is C21H22F3N3O3S. The summed E-state index contributed by atoms with van der Waals surface area (Å²) in [5.41, 5.74) is 1.76. The number of halogens is 3. The molecule has 1 aliphatic rings. The van der Waals surface area contributed by atoms with Crippen molar-refractivity contribution in [3.05, 3.63) is 41.0 Å². The number of carbonyl (C=O) groups is 1. The number of aromatic nitrogens is 2. The molecule has 0 saturated heterocycles. The van der Waals surface area contributed by atoms with Crippen LogP contribution in [0.1, 0.15) is 42.4 Å². The molecule has 0 aliphatic heterocycles. The van der Waals surface area contributed by atoms with E-state index in [-0.39, 0.29) is 28.8 Å². The second-order valence-electron chi connectivity index (χ2n) is 7.66. The third kappa shape index (κ3) is 5.30. The summed E-state index contributed by atoms with van der Waals surface area (Å²) < 4.78 is 46.8. The maximum Gasteiger partial charge on any atom is 0.422 e. The van der Waals surface area contributed by atoms with Gasteiger partial charge in [-0.25, -0.2) is 4.98 Å². The number of rotatable bonds is 8. The van der Waals surface area contributed by atoms with Crippen molar-refractivity contribution in [2.45, 2.75) is 37.9 Å². The lowest BCUT2D eigenvalue weighted by Gasteiger charge is -2.12. The molecule has 3 atom stereocenters. The highest BCUT2D eigenvalue weighted by molar-refractivity contribution is 7.13. The topological polar surface area (TPSA) is 76.2 Å². The van der Waals surface area contributed by atoms with E-state index in [2.05, 4.69) is 15.3 Å². The Morgan fingerprint density at radius 2 is 2.16 bits per heavy atom. The normalized spacial score (nSPS) is 19.3. The number of nitrogens with one attached hydrogen (secondary N) is 2. The minimum atomic E-state index is -4.38. The lowest BCUT2D eigenvalue weighted by Crippen LogP contribution is -2.26. The molecule has 1 aliphatic carbocycles. The summed E-state index contributed by atoms with van der Waals surface area (Å²) >= 11 is 1.10. The van der Waals surface area contributed by atoms with E-state index in [4.69, 9.17) is 9.47 Å². The molecule has 2 N–H and O–H groups in total. The van der Waals surface area contributed by atoms with Crippen molar-refractivity contribution in [1.82, 2.24) is 15.3 Å². The van der Waals surface area contributed by atoms with Crippen LogP contribution in [0.2, 0.25) is 0 Å². The summed E-state index contributed by atoms with van der Waals surface area (Å²) in [6, 6.07) is 8.50. The molecule has 0 bridgehead atoms. The highest BCUT2D eigenvalue weighted by Crippen LogP contribution is 2.49. The number of carbonyl (C=O) groups excluding carboxylic acids is 1. The van der Waals surface area contributed by atoms with E-state index >= 15 is 0 Å². The Hall–Kier alpha value is -2.75. The van der Waals surface area contributed by atoms with E-state index < -0.39 is 12.8 Å². The van der Waals surface area contributed by atoms with Gasteiger partial charge in [0, 0.05) is 23.3 Å². The highest BCUT2D eigenvalue weighted by atomic mass is 32.1. The summed E-state index contributed by atoms with van der Waals surface area (Å²) in [7, 11) is 1.61. The van der Waals surface area contributed by atoms with E-state index in [0.717, 1.165) is 45.2 Å². The fourth-order valence-corrected chi connectivity index (χ4v) is 4.38. The van der Waals surface area contributed by atoms with Gasteiger partial charge in [-0.3, -0.25) is 4.79 Å². The molecule has 2 aromatic heterocycles. The number of ether oxygens (including phenoxy) is 2. The molecular weight excluding hydrogens is 431 g/mol. The molecule has 0 unspecified atom stereocenters. The van der Waals surface area contributed by atoms with Crippen LogP contribution in [0.3, 0.4) is 0 Å². The number of alkyl halides is 3. The fourth-order valence-electron chi connectivity index (χ4n) is 3.53. The van der Waals surface area contributed by atoms with E-state index in [9.17, 15) is 18.0 Å². The van der Waals surface area contributed by atoms with Crippen LogP contribution in [0.5, 0.6) is 10.8 Å².